The highest BCUT2D eigenvalue weighted by Crippen LogP contribution is 2.38. The Kier molecular flexibility index (Phi) is 2.70. The molecule has 2 aromatic heterocycles. The lowest BCUT2D eigenvalue weighted by Crippen LogP contribution is -1.94. The summed E-state index contributed by atoms with van der Waals surface area (Å²) in [5, 5.41) is -1.16. The summed E-state index contributed by atoms with van der Waals surface area (Å²) in [6.07, 6.45) is 0. The quantitative estimate of drug-likeness (QED) is 0.196. The van der Waals surface area contributed by atoms with Gasteiger partial charge in [0.05, 0.1) is 49.5 Å². The second-order valence-corrected chi connectivity index (χ2v) is 9.82. The molecule has 0 N–H and O–H groups in total. The normalized spacial score (nSPS) is 18.0. The third kappa shape index (κ3) is 3.82. The molecule has 0 radical (unpaired) electrons. The van der Waals surface area contributed by atoms with Gasteiger partial charge in [-0.2, -0.15) is 0 Å². The van der Waals surface area contributed by atoms with Crippen LogP contribution in [0.4, 0.5) is 0 Å². The largest absolute Gasteiger partial charge is 0.309 e. The Hall–Kier alpha value is -5.86. The minimum absolute atomic E-state index is 0.0359. The monoisotopic (exact) mass is 580 g/mol. The van der Waals surface area contributed by atoms with E-state index in [9.17, 15) is 8.22 Å². The predicted molar refractivity (Wildman–Crippen MR) is 186 cm³/mol. The molecule has 0 amide bonds. The van der Waals surface area contributed by atoms with Gasteiger partial charge in [-0.15, -0.1) is 0 Å². The van der Waals surface area contributed by atoms with E-state index in [0.29, 0.717) is 5.56 Å². The van der Waals surface area contributed by atoms with Crippen molar-refractivity contribution >= 4 is 43.6 Å². The molecule has 2 heterocycles. The summed E-state index contributed by atoms with van der Waals surface area (Å²) >= 11 is 0. The molecule has 0 bridgehead atoms. The van der Waals surface area contributed by atoms with E-state index in [2.05, 4.69) is 0 Å². The molecule has 0 atom stereocenters. The first-order chi connectivity index (χ1) is 30.1. The number of rotatable bonds is 4. The lowest BCUT2D eigenvalue weighted by Gasteiger charge is -2.11. The summed E-state index contributed by atoms with van der Waals surface area (Å²) in [7, 11) is 0. The van der Waals surface area contributed by atoms with Crippen LogP contribution < -0.4 is 0 Å². The molecule has 9 aromatic rings. The molecule has 0 saturated carbocycles. The van der Waals surface area contributed by atoms with E-state index in [1.807, 2.05) is 0 Å². The molecule has 44 heavy (non-hydrogen) atoms. The van der Waals surface area contributed by atoms with Crippen molar-refractivity contribution in [2.45, 2.75) is 0 Å². The van der Waals surface area contributed by atoms with Crippen molar-refractivity contribution in [3.8, 4) is 33.6 Å². The topological polar surface area (TPSA) is 9.86 Å². The lowest BCUT2D eigenvalue weighted by atomic mass is 10.0. The zero-order valence-electron chi connectivity index (χ0n) is 42.5. The van der Waals surface area contributed by atoms with Gasteiger partial charge in [0.15, 0.2) is 0 Å². The van der Waals surface area contributed by atoms with E-state index in [0.717, 1.165) is 16.7 Å². The molecule has 0 spiro atoms. The molecular formula is C42H28N2. The number of hydrogen-bond donors (Lipinski definition) is 0. The van der Waals surface area contributed by atoms with Gasteiger partial charge in [-0.05, 0) is 70.6 Å². The number of aromatic nitrogens is 2. The molecule has 206 valence electrons. The molecule has 0 aliphatic heterocycles. The average Bonchev–Trinajstić information content (AvgIpc) is 3.78. The van der Waals surface area contributed by atoms with Crippen LogP contribution in [0.25, 0.3) is 77.2 Å². The highest BCUT2D eigenvalue weighted by Gasteiger charge is 2.16. The highest BCUT2D eigenvalue weighted by atomic mass is 15.0. The van der Waals surface area contributed by atoms with Crippen LogP contribution in [-0.2, 0) is 0 Å². The van der Waals surface area contributed by atoms with E-state index in [-0.39, 0.29) is 79.2 Å². The van der Waals surface area contributed by atoms with Crippen LogP contribution in [-0.4, -0.2) is 9.13 Å². The second kappa shape index (κ2) is 9.86. The maximum Gasteiger partial charge on any atom is 0.0652 e. The minimum atomic E-state index is -0.794. The third-order valence-corrected chi connectivity index (χ3v) is 7.38. The van der Waals surface area contributed by atoms with E-state index in [4.69, 9.17) is 19.2 Å². The fourth-order valence-electron chi connectivity index (χ4n) is 5.42. The van der Waals surface area contributed by atoms with Gasteiger partial charge in [0, 0.05) is 32.9 Å². The molecule has 2 nitrogen and oxygen atoms in total. The summed E-state index contributed by atoms with van der Waals surface area (Å²) < 4.78 is 180. The highest BCUT2D eigenvalue weighted by molar-refractivity contribution is 6.12. The van der Waals surface area contributed by atoms with Crippen LogP contribution in [0.5, 0.6) is 0 Å². The van der Waals surface area contributed by atoms with Crippen LogP contribution in [0.2, 0.25) is 0 Å². The van der Waals surface area contributed by atoms with Crippen molar-refractivity contribution in [1.29, 1.82) is 0 Å². The molecule has 0 unspecified atom stereocenters. The molecular weight excluding hydrogens is 532 g/mol. The third-order valence-electron chi connectivity index (χ3n) is 7.38. The molecule has 2 heteroatoms. The zero-order valence-corrected chi connectivity index (χ0v) is 22.5. The number of hydrogen-bond acceptors (Lipinski definition) is 0. The second-order valence-electron chi connectivity index (χ2n) is 9.82. The molecule has 0 aliphatic rings. The molecule has 7 aromatic carbocycles. The van der Waals surface area contributed by atoms with Gasteiger partial charge in [0.25, 0.3) is 0 Å². The van der Waals surface area contributed by atoms with Crippen molar-refractivity contribution in [2.75, 3.05) is 0 Å². The molecule has 0 saturated heterocycles. The molecule has 0 fully saturated rings. The van der Waals surface area contributed by atoms with E-state index < -0.39 is 113 Å². The molecule has 0 aliphatic carbocycles. The van der Waals surface area contributed by atoms with Crippen molar-refractivity contribution in [2.24, 2.45) is 0 Å². The van der Waals surface area contributed by atoms with E-state index in [1.54, 1.807) is 0 Å². The first kappa shape index (κ1) is 12.0. The number of para-hydroxylation sites is 3. The summed E-state index contributed by atoms with van der Waals surface area (Å²) in [5.74, 6) is 0. The SMILES string of the molecule is [2H]c1ccc(-c2ccc(-n3c4c([2H])c([2H])c([2H])c([2H])c4c4c([2H])c([2H])c(-c5c([2H])c([2H])c6c7c([2H])c([2H])c([2H])c([2H])c7n(-c7c([2H])cc([2H])cc7[2H])c6c5[2H])c([2H])c43)cc2[2H])c([2H])c1. The lowest BCUT2D eigenvalue weighted by molar-refractivity contribution is 1.18. The average molecular weight is 581 g/mol. The van der Waals surface area contributed by atoms with Crippen molar-refractivity contribution in [3.63, 3.8) is 0 Å². The van der Waals surface area contributed by atoms with Gasteiger partial charge in [-0.25, -0.2) is 0 Å². The Labute approximate surface area is 283 Å². The van der Waals surface area contributed by atoms with Crippen LogP contribution in [0, 0.1) is 0 Å². The van der Waals surface area contributed by atoms with Gasteiger partial charge >= 0.3 is 0 Å². The van der Waals surface area contributed by atoms with Crippen molar-refractivity contribution < 1.29 is 27.4 Å². The van der Waals surface area contributed by atoms with Crippen LogP contribution in [0.3, 0.4) is 0 Å². The Morgan fingerprint density at radius 3 is 1.52 bits per heavy atom. The summed E-state index contributed by atoms with van der Waals surface area (Å²) in [6.45, 7) is 0. The number of fused-ring (bicyclic) bond motifs is 6. The van der Waals surface area contributed by atoms with Gasteiger partial charge in [0.1, 0.15) is 0 Å². The number of nitrogens with zero attached hydrogens (tertiary/aromatic N) is 2. The Bertz CT molecular complexity index is 3600. The number of benzene rings is 7. The predicted octanol–water partition coefficient (Wildman–Crippen LogP) is 11.2. The fourth-order valence-corrected chi connectivity index (χ4v) is 5.42. The van der Waals surface area contributed by atoms with Crippen LogP contribution >= 0.6 is 0 Å². The first-order valence-corrected chi connectivity index (χ1v) is 13.5. The first-order valence-electron chi connectivity index (χ1n) is 23.5. The van der Waals surface area contributed by atoms with Crippen molar-refractivity contribution in [3.05, 3.63) is 169 Å². The Morgan fingerprint density at radius 2 is 0.886 bits per heavy atom. The van der Waals surface area contributed by atoms with E-state index >= 15 is 0 Å². The van der Waals surface area contributed by atoms with Crippen LogP contribution in [0.15, 0.2) is 169 Å². The zero-order chi connectivity index (χ0) is 46.4. The fraction of sp³-hybridized carbons (Fsp3) is 0. The van der Waals surface area contributed by atoms with Gasteiger partial charge in [-0.3, -0.25) is 0 Å². The van der Waals surface area contributed by atoms with Gasteiger partial charge in [-0.1, -0.05) is 121 Å². The maximum absolute atomic E-state index is 9.82. The van der Waals surface area contributed by atoms with Gasteiger partial charge in [0.2, 0.25) is 0 Å². The van der Waals surface area contributed by atoms with Crippen LogP contribution in [0.1, 0.15) is 27.4 Å². The summed E-state index contributed by atoms with van der Waals surface area (Å²) in [5.41, 5.74) is -2.12. The smallest absolute Gasteiger partial charge is 0.0652 e. The van der Waals surface area contributed by atoms with Crippen molar-refractivity contribution in [1.82, 2.24) is 9.13 Å². The minimum Gasteiger partial charge on any atom is -0.309 e. The Morgan fingerprint density at radius 1 is 0.341 bits per heavy atom. The molecule has 9 rings (SSSR count). The standard InChI is InChI=1S/C42H28N2/c1-3-11-29(12-4-1)30-19-23-34(24-20-30)44-40-18-10-8-16-36(40)38-26-22-32(28-42(38)44)31-21-25-37-35-15-7-9-17-39(35)43(41(37)27-31)33-13-5-2-6-14-33/h1-28H/i1D,2D,7D,8D,9D,10D,11D,13D,14D,15D,16D,17D,18D,19D,21D,22D,25D,26D,27D,28D. The summed E-state index contributed by atoms with van der Waals surface area (Å²) in [6, 6.07) is -0.272. The van der Waals surface area contributed by atoms with E-state index in [1.165, 1.54) is 41.0 Å². The summed E-state index contributed by atoms with van der Waals surface area (Å²) in [4.78, 5) is 0. The van der Waals surface area contributed by atoms with Gasteiger partial charge < -0.3 is 9.13 Å². The Balaban J connectivity index is 1.48. The maximum atomic E-state index is 9.82.